The molecule has 0 aromatic carbocycles. The van der Waals surface area contributed by atoms with Crippen molar-refractivity contribution < 1.29 is 0 Å². The summed E-state index contributed by atoms with van der Waals surface area (Å²) in [6.45, 7) is 11.3. The van der Waals surface area contributed by atoms with Gasteiger partial charge in [-0.25, -0.2) is 0 Å². The van der Waals surface area contributed by atoms with Gasteiger partial charge in [0.05, 0.1) is 0 Å². The fourth-order valence-electron chi connectivity index (χ4n) is 1.70. The minimum Gasteiger partial charge on any atom is -0.327 e. The first kappa shape index (κ1) is 12.0. The van der Waals surface area contributed by atoms with Crippen molar-refractivity contribution >= 4 is 0 Å². The van der Waals surface area contributed by atoms with Crippen molar-refractivity contribution in [1.82, 2.24) is 0 Å². The first-order valence-corrected chi connectivity index (χ1v) is 5.26. The molecule has 0 rings (SSSR count). The van der Waals surface area contributed by atoms with E-state index in [1.54, 1.807) is 0 Å². The van der Waals surface area contributed by atoms with Crippen LogP contribution in [0, 0.1) is 17.8 Å². The third-order valence-electron chi connectivity index (χ3n) is 3.02. The van der Waals surface area contributed by atoms with Gasteiger partial charge in [-0.3, -0.25) is 0 Å². The van der Waals surface area contributed by atoms with Gasteiger partial charge in [0.15, 0.2) is 0 Å². The fraction of sp³-hybridized carbons (Fsp3) is 1.00. The summed E-state index contributed by atoms with van der Waals surface area (Å²) in [5.74, 6) is 2.04. The maximum absolute atomic E-state index is 6.09. The topological polar surface area (TPSA) is 26.0 Å². The van der Waals surface area contributed by atoms with Gasteiger partial charge in [0.2, 0.25) is 0 Å². The molecule has 3 atom stereocenters. The summed E-state index contributed by atoms with van der Waals surface area (Å²) in [6.07, 6.45) is 2.58. The molecule has 0 aliphatic rings. The van der Waals surface area contributed by atoms with Crippen molar-refractivity contribution in [2.24, 2.45) is 23.5 Å². The van der Waals surface area contributed by atoms with Crippen LogP contribution in [0.1, 0.15) is 47.5 Å². The molecule has 0 saturated carbocycles. The van der Waals surface area contributed by atoms with E-state index in [0.29, 0.717) is 17.9 Å². The first-order chi connectivity index (χ1) is 5.50. The van der Waals surface area contributed by atoms with Crippen LogP contribution in [0.15, 0.2) is 0 Å². The lowest BCUT2D eigenvalue weighted by Crippen LogP contribution is -2.36. The van der Waals surface area contributed by atoms with Crippen LogP contribution in [0.2, 0.25) is 0 Å². The minimum absolute atomic E-state index is 0.367. The number of nitrogens with two attached hydrogens (primary N) is 1. The molecule has 1 heteroatoms. The summed E-state index contributed by atoms with van der Waals surface area (Å²) in [7, 11) is 0. The van der Waals surface area contributed by atoms with Gasteiger partial charge < -0.3 is 5.73 Å². The molecule has 0 saturated heterocycles. The van der Waals surface area contributed by atoms with Gasteiger partial charge >= 0.3 is 0 Å². The second-order valence-corrected chi connectivity index (χ2v) is 4.45. The molecule has 0 fully saturated rings. The largest absolute Gasteiger partial charge is 0.327 e. The van der Waals surface area contributed by atoms with E-state index in [1.165, 1.54) is 12.8 Å². The molecule has 2 N–H and O–H groups in total. The average Bonchev–Trinajstić information content (AvgIpc) is 2.02. The van der Waals surface area contributed by atoms with E-state index in [0.717, 1.165) is 5.92 Å². The fourth-order valence-corrected chi connectivity index (χ4v) is 1.70. The van der Waals surface area contributed by atoms with Crippen LogP contribution in [0.3, 0.4) is 0 Å². The average molecular weight is 171 g/mol. The normalized spacial score (nSPS) is 19.2. The van der Waals surface area contributed by atoms with Gasteiger partial charge in [0, 0.05) is 6.04 Å². The smallest absolute Gasteiger partial charge is 0.00902 e. The van der Waals surface area contributed by atoms with Crippen LogP contribution >= 0.6 is 0 Å². The Hall–Kier alpha value is -0.0400. The zero-order valence-corrected chi connectivity index (χ0v) is 9.30. The highest BCUT2D eigenvalue weighted by Gasteiger charge is 2.20. The third kappa shape index (κ3) is 3.57. The molecule has 0 aromatic heterocycles. The Balaban J connectivity index is 3.90. The zero-order chi connectivity index (χ0) is 9.72. The van der Waals surface area contributed by atoms with E-state index in [2.05, 4.69) is 34.6 Å². The molecule has 0 unspecified atom stereocenters. The standard InChI is InChI=1S/C11H25N/c1-6-7-9(4)10(5)11(12)8(2)3/h8-11H,6-7,12H2,1-5H3/t9-,10+,11-/m0/s1. The summed E-state index contributed by atoms with van der Waals surface area (Å²) >= 11 is 0. The molecule has 0 bridgehead atoms. The summed E-state index contributed by atoms with van der Waals surface area (Å²) in [5, 5.41) is 0. The van der Waals surface area contributed by atoms with Crippen molar-refractivity contribution in [3.8, 4) is 0 Å². The number of hydrogen-bond acceptors (Lipinski definition) is 1. The molecule has 74 valence electrons. The van der Waals surface area contributed by atoms with E-state index in [9.17, 15) is 0 Å². The Labute approximate surface area is 77.7 Å². The number of hydrogen-bond donors (Lipinski definition) is 1. The lowest BCUT2D eigenvalue weighted by Gasteiger charge is -2.28. The Morgan fingerprint density at radius 2 is 1.58 bits per heavy atom. The maximum Gasteiger partial charge on any atom is 0.00902 e. The van der Waals surface area contributed by atoms with Crippen molar-refractivity contribution in [3.05, 3.63) is 0 Å². The Kier molecular flexibility index (Phi) is 5.56. The summed E-state index contributed by atoms with van der Waals surface area (Å²) < 4.78 is 0. The van der Waals surface area contributed by atoms with Crippen molar-refractivity contribution in [2.75, 3.05) is 0 Å². The predicted molar refractivity (Wildman–Crippen MR) is 56.0 cm³/mol. The van der Waals surface area contributed by atoms with Crippen molar-refractivity contribution in [3.63, 3.8) is 0 Å². The Morgan fingerprint density at radius 3 is 1.92 bits per heavy atom. The molecule has 0 aliphatic carbocycles. The van der Waals surface area contributed by atoms with Crippen LogP contribution in [0.25, 0.3) is 0 Å². The molecular formula is C11H25N. The summed E-state index contributed by atoms with van der Waals surface area (Å²) in [4.78, 5) is 0. The van der Waals surface area contributed by atoms with Gasteiger partial charge in [0.25, 0.3) is 0 Å². The monoisotopic (exact) mass is 171 g/mol. The summed E-state index contributed by atoms with van der Waals surface area (Å²) in [5.41, 5.74) is 6.09. The van der Waals surface area contributed by atoms with Crippen molar-refractivity contribution in [1.29, 1.82) is 0 Å². The second kappa shape index (κ2) is 5.58. The lowest BCUT2D eigenvalue weighted by molar-refractivity contribution is 0.263. The molecule has 1 nitrogen and oxygen atoms in total. The Bertz CT molecular complexity index is 110. The molecule has 0 amide bonds. The highest BCUT2D eigenvalue weighted by Crippen LogP contribution is 2.22. The maximum atomic E-state index is 6.09. The van der Waals surface area contributed by atoms with Crippen LogP contribution in [-0.2, 0) is 0 Å². The van der Waals surface area contributed by atoms with Crippen LogP contribution < -0.4 is 5.73 Å². The Morgan fingerprint density at radius 1 is 1.08 bits per heavy atom. The highest BCUT2D eigenvalue weighted by atomic mass is 14.7. The van der Waals surface area contributed by atoms with E-state index in [-0.39, 0.29) is 0 Å². The molecule has 0 spiro atoms. The zero-order valence-electron chi connectivity index (χ0n) is 9.30. The number of rotatable bonds is 5. The molecule has 0 aliphatic heterocycles. The van der Waals surface area contributed by atoms with Gasteiger partial charge in [0.1, 0.15) is 0 Å². The van der Waals surface area contributed by atoms with E-state index < -0.39 is 0 Å². The molecule has 12 heavy (non-hydrogen) atoms. The van der Waals surface area contributed by atoms with Crippen LogP contribution in [-0.4, -0.2) is 6.04 Å². The second-order valence-electron chi connectivity index (χ2n) is 4.45. The van der Waals surface area contributed by atoms with E-state index in [1.807, 2.05) is 0 Å². The van der Waals surface area contributed by atoms with Gasteiger partial charge in [-0.1, -0.05) is 47.5 Å². The van der Waals surface area contributed by atoms with E-state index >= 15 is 0 Å². The summed E-state index contributed by atoms with van der Waals surface area (Å²) in [6, 6.07) is 0.367. The van der Waals surface area contributed by atoms with E-state index in [4.69, 9.17) is 5.73 Å². The first-order valence-electron chi connectivity index (χ1n) is 5.26. The van der Waals surface area contributed by atoms with Gasteiger partial charge in [-0.2, -0.15) is 0 Å². The minimum atomic E-state index is 0.367. The lowest BCUT2D eigenvalue weighted by atomic mass is 9.82. The SMILES string of the molecule is CCC[C@H](C)[C@@H](C)[C@@H](N)C(C)C. The quantitative estimate of drug-likeness (QED) is 0.676. The predicted octanol–water partition coefficient (Wildman–Crippen LogP) is 3.04. The molecular weight excluding hydrogens is 146 g/mol. The molecule has 0 radical (unpaired) electrons. The molecule has 0 aromatic rings. The van der Waals surface area contributed by atoms with Gasteiger partial charge in [-0.05, 0) is 17.8 Å². The van der Waals surface area contributed by atoms with Crippen LogP contribution in [0.5, 0.6) is 0 Å². The molecule has 0 heterocycles. The highest BCUT2D eigenvalue weighted by molar-refractivity contribution is 4.76. The van der Waals surface area contributed by atoms with Gasteiger partial charge in [-0.15, -0.1) is 0 Å². The van der Waals surface area contributed by atoms with Crippen molar-refractivity contribution in [2.45, 2.75) is 53.5 Å². The van der Waals surface area contributed by atoms with Crippen LogP contribution in [0.4, 0.5) is 0 Å². The third-order valence-corrected chi connectivity index (χ3v) is 3.02.